The lowest BCUT2D eigenvalue weighted by Gasteiger charge is -2.15. The van der Waals surface area contributed by atoms with Crippen LogP contribution in [0.5, 0.6) is 17.2 Å². The summed E-state index contributed by atoms with van der Waals surface area (Å²) in [5.41, 5.74) is 0.135. The number of anilines is 1. The summed E-state index contributed by atoms with van der Waals surface area (Å²) in [7, 11) is 4.25. The smallest absolute Gasteiger partial charge is 0.416 e. The molecule has 0 aliphatic carbocycles. The molecule has 11 nitrogen and oxygen atoms in total. The number of halogens is 3. The van der Waals surface area contributed by atoms with Crippen molar-refractivity contribution in [3.8, 4) is 22.9 Å². The van der Waals surface area contributed by atoms with Gasteiger partial charge in [0.25, 0.3) is 5.91 Å². The van der Waals surface area contributed by atoms with Gasteiger partial charge in [-0.2, -0.15) is 13.2 Å². The molecule has 0 spiro atoms. The normalized spacial score (nSPS) is 11.3. The highest BCUT2D eigenvalue weighted by molar-refractivity contribution is 7.99. The molecule has 5 aromatic rings. The second kappa shape index (κ2) is 13.4. The maximum atomic E-state index is 13.6. The molecule has 45 heavy (non-hydrogen) atoms. The second-order valence-electron chi connectivity index (χ2n) is 9.20. The number of thioether (sulfide) groups is 1. The first-order valence-corrected chi connectivity index (χ1v) is 14.9. The number of alkyl halides is 3. The number of nitrogens with zero attached hydrogens (tertiary/aromatic N) is 4. The van der Waals surface area contributed by atoms with Crippen LogP contribution >= 0.6 is 23.1 Å². The number of carbonyl (C=O) groups is 2. The van der Waals surface area contributed by atoms with Gasteiger partial charge in [0.1, 0.15) is 0 Å². The number of hydrogen-bond donors (Lipinski definition) is 2. The van der Waals surface area contributed by atoms with Gasteiger partial charge in [-0.05, 0) is 42.5 Å². The predicted octanol–water partition coefficient (Wildman–Crippen LogP) is 5.58. The van der Waals surface area contributed by atoms with Crippen molar-refractivity contribution in [2.24, 2.45) is 0 Å². The Morgan fingerprint density at radius 2 is 1.69 bits per heavy atom. The number of para-hydroxylation sites is 1. The van der Waals surface area contributed by atoms with Gasteiger partial charge < -0.3 is 24.8 Å². The Morgan fingerprint density at radius 3 is 2.36 bits per heavy atom. The Morgan fingerprint density at radius 1 is 0.956 bits per heavy atom. The first kappa shape index (κ1) is 31.6. The maximum absolute atomic E-state index is 13.6. The summed E-state index contributed by atoms with van der Waals surface area (Å²) in [5, 5.41) is 14.2. The van der Waals surface area contributed by atoms with Gasteiger partial charge in [0, 0.05) is 5.56 Å². The molecular weight excluding hydrogens is 633 g/mol. The molecule has 0 saturated carbocycles. The highest BCUT2D eigenvalue weighted by Crippen LogP contribution is 2.38. The standard InChI is InChI=1S/C29H25F3N6O5S2/c1-41-20-11-16(12-21(42-2)25(20)43-3)26(40)33-14-23-36-37-28(38(23)18-8-6-7-17(13-18)29(30,31)32)44-15-24(39)35-27-34-19-9-4-5-10-22(19)45-27/h4-13H,14-15H2,1-3H3,(H,33,40)(H,34,35,39). The van der Waals surface area contributed by atoms with Gasteiger partial charge in [-0.15, -0.1) is 10.2 Å². The highest BCUT2D eigenvalue weighted by Gasteiger charge is 2.31. The third-order valence-corrected chi connectivity index (χ3v) is 8.22. The van der Waals surface area contributed by atoms with E-state index in [1.165, 1.54) is 61.5 Å². The highest BCUT2D eigenvalue weighted by atomic mass is 32.2. The van der Waals surface area contributed by atoms with Crippen molar-refractivity contribution in [2.75, 3.05) is 32.4 Å². The number of ether oxygens (including phenoxy) is 3. The third kappa shape index (κ3) is 7.12. The largest absolute Gasteiger partial charge is 0.493 e. The lowest BCUT2D eigenvalue weighted by Crippen LogP contribution is -2.25. The van der Waals surface area contributed by atoms with E-state index in [9.17, 15) is 22.8 Å². The molecule has 3 aromatic carbocycles. The van der Waals surface area contributed by atoms with E-state index in [2.05, 4.69) is 25.8 Å². The Balaban J connectivity index is 1.38. The minimum atomic E-state index is -4.60. The molecule has 0 unspecified atom stereocenters. The number of carbonyl (C=O) groups excluding carboxylic acids is 2. The first-order valence-electron chi connectivity index (χ1n) is 13.1. The molecule has 234 valence electrons. The molecule has 0 atom stereocenters. The van der Waals surface area contributed by atoms with Gasteiger partial charge in [-0.3, -0.25) is 14.2 Å². The van der Waals surface area contributed by atoms with E-state index in [0.717, 1.165) is 34.1 Å². The van der Waals surface area contributed by atoms with Gasteiger partial charge in [-0.25, -0.2) is 4.98 Å². The summed E-state index contributed by atoms with van der Waals surface area (Å²) >= 11 is 2.28. The Hall–Kier alpha value is -4.83. The van der Waals surface area contributed by atoms with E-state index in [1.807, 2.05) is 24.3 Å². The topological polar surface area (TPSA) is 129 Å². The summed E-state index contributed by atoms with van der Waals surface area (Å²) in [4.78, 5) is 30.3. The molecule has 0 bridgehead atoms. The Kier molecular flexibility index (Phi) is 9.43. The molecule has 16 heteroatoms. The SMILES string of the molecule is COc1cc(C(=O)NCc2nnc(SCC(=O)Nc3nc4ccccc4s3)n2-c2cccc(C(F)(F)F)c2)cc(OC)c1OC. The molecule has 0 radical (unpaired) electrons. The van der Waals surface area contributed by atoms with Crippen molar-refractivity contribution in [3.05, 3.63) is 77.6 Å². The van der Waals surface area contributed by atoms with Crippen molar-refractivity contribution in [1.29, 1.82) is 0 Å². The monoisotopic (exact) mass is 658 g/mol. The van der Waals surface area contributed by atoms with Crippen LogP contribution in [0.25, 0.3) is 15.9 Å². The maximum Gasteiger partial charge on any atom is 0.416 e. The van der Waals surface area contributed by atoms with Gasteiger partial charge in [0.2, 0.25) is 11.7 Å². The van der Waals surface area contributed by atoms with Crippen molar-refractivity contribution >= 4 is 50.3 Å². The van der Waals surface area contributed by atoms with Crippen LogP contribution in [-0.2, 0) is 17.5 Å². The van der Waals surface area contributed by atoms with Crippen LogP contribution in [0.3, 0.4) is 0 Å². The minimum absolute atomic E-state index is 0.0981. The van der Waals surface area contributed by atoms with Gasteiger partial charge in [0.05, 0.1) is 55.1 Å². The third-order valence-electron chi connectivity index (χ3n) is 6.34. The van der Waals surface area contributed by atoms with Crippen LogP contribution in [0, 0.1) is 0 Å². The van der Waals surface area contributed by atoms with Crippen LogP contribution in [-0.4, -0.2) is 58.6 Å². The molecule has 0 saturated heterocycles. The van der Waals surface area contributed by atoms with Crippen LogP contribution in [0.15, 0.2) is 65.8 Å². The lowest BCUT2D eigenvalue weighted by molar-refractivity contribution is -0.137. The van der Waals surface area contributed by atoms with Crippen LogP contribution in [0.2, 0.25) is 0 Å². The number of hydrogen-bond acceptors (Lipinski definition) is 10. The van der Waals surface area contributed by atoms with E-state index >= 15 is 0 Å². The number of methoxy groups -OCH3 is 3. The van der Waals surface area contributed by atoms with Crippen LogP contribution < -0.4 is 24.8 Å². The number of thiazole rings is 1. The zero-order chi connectivity index (χ0) is 32.1. The number of fused-ring (bicyclic) bond motifs is 1. The van der Waals surface area contributed by atoms with Crippen molar-refractivity contribution in [1.82, 2.24) is 25.1 Å². The number of amides is 2. The zero-order valence-electron chi connectivity index (χ0n) is 24.0. The molecule has 2 aromatic heterocycles. The minimum Gasteiger partial charge on any atom is -0.493 e. The molecule has 5 rings (SSSR count). The van der Waals surface area contributed by atoms with Gasteiger partial charge in [0.15, 0.2) is 27.6 Å². The summed E-state index contributed by atoms with van der Waals surface area (Å²) in [6.45, 7) is -0.211. The van der Waals surface area contributed by atoms with Crippen molar-refractivity contribution in [2.45, 2.75) is 17.9 Å². The Bertz CT molecular complexity index is 1800. The second-order valence-corrected chi connectivity index (χ2v) is 11.2. The number of nitrogens with one attached hydrogen (secondary N) is 2. The van der Waals surface area contributed by atoms with Crippen LogP contribution in [0.1, 0.15) is 21.7 Å². The molecule has 0 fully saturated rings. The summed E-state index contributed by atoms with van der Waals surface area (Å²) in [6.07, 6.45) is -4.60. The van der Waals surface area contributed by atoms with Crippen molar-refractivity contribution in [3.63, 3.8) is 0 Å². The fourth-order valence-electron chi connectivity index (χ4n) is 4.27. The van der Waals surface area contributed by atoms with E-state index in [1.54, 1.807) is 0 Å². The zero-order valence-corrected chi connectivity index (χ0v) is 25.6. The fourth-order valence-corrected chi connectivity index (χ4v) is 5.93. The molecule has 2 heterocycles. The number of benzene rings is 3. The molecule has 0 aliphatic rings. The summed E-state index contributed by atoms with van der Waals surface area (Å²) < 4.78 is 58.9. The molecule has 0 aliphatic heterocycles. The van der Waals surface area contributed by atoms with Crippen molar-refractivity contribution < 1.29 is 37.0 Å². The van der Waals surface area contributed by atoms with Crippen LogP contribution in [0.4, 0.5) is 18.3 Å². The molecule has 2 amide bonds. The quantitative estimate of drug-likeness (QED) is 0.175. The Labute approximate surface area is 262 Å². The average molecular weight is 659 g/mol. The molecule has 2 N–H and O–H groups in total. The van der Waals surface area contributed by atoms with E-state index in [-0.39, 0.29) is 46.0 Å². The van der Waals surface area contributed by atoms with E-state index < -0.39 is 23.6 Å². The average Bonchev–Trinajstić information content (AvgIpc) is 3.64. The molecular formula is C29H25F3N6O5S2. The summed E-state index contributed by atoms with van der Waals surface area (Å²) in [6, 6.07) is 14.9. The fraction of sp³-hybridized carbons (Fsp3) is 0.207. The number of rotatable bonds is 11. The van der Waals surface area contributed by atoms with Gasteiger partial charge in [-0.1, -0.05) is 41.3 Å². The van der Waals surface area contributed by atoms with E-state index in [0.29, 0.717) is 10.9 Å². The number of aromatic nitrogens is 4. The lowest BCUT2D eigenvalue weighted by atomic mass is 10.1. The first-order chi connectivity index (χ1) is 21.6. The van der Waals surface area contributed by atoms with E-state index in [4.69, 9.17) is 14.2 Å². The summed E-state index contributed by atoms with van der Waals surface area (Å²) in [5.74, 6) is -0.120. The van der Waals surface area contributed by atoms with Gasteiger partial charge >= 0.3 is 6.18 Å². The predicted molar refractivity (Wildman–Crippen MR) is 163 cm³/mol.